The van der Waals surface area contributed by atoms with Crippen molar-refractivity contribution in [1.29, 1.82) is 0 Å². The smallest absolute Gasteiger partial charge is 0.308 e. The lowest BCUT2D eigenvalue weighted by Gasteiger charge is -2.18. The van der Waals surface area contributed by atoms with Gasteiger partial charge in [-0.1, -0.05) is 18.0 Å². The first-order chi connectivity index (χ1) is 11.6. The van der Waals surface area contributed by atoms with Gasteiger partial charge in [0.05, 0.1) is 10.9 Å². The van der Waals surface area contributed by atoms with Gasteiger partial charge in [0.1, 0.15) is 11.3 Å². The number of hydrogen-bond donors (Lipinski definition) is 2. The van der Waals surface area contributed by atoms with Crippen LogP contribution in [0.1, 0.15) is 19.3 Å². The predicted molar refractivity (Wildman–Crippen MR) is 89.2 cm³/mol. The summed E-state index contributed by atoms with van der Waals surface area (Å²) < 4.78 is 5.56. The summed E-state index contributed by atoms with van der Waals surface area (Å²) >= 11 is 6.12. The zero-order valence-corrected chi connectivity index (χ0v) is 13.6. The van der Waals surface area contributed by atoms with Crippen LogP contribution in [0.3, 0.4) is 0 Å². The molecule has 1 fully saturated rings. The number of nitrogens with one attached hydrogen (secondary N) is 1. The van der Waals surface area contributed by atoms with Gasteiger partial charge in [-0.15, -0.1) is 0 Å². The van der Waals surface area contributed by atoms with Crippen molar-refractivity contribution in [3.63, 3.8) is 0 Å². The maximum atomic E-state index is 12.1. The first-order valence-electron chi connectivity index (χ1n) is 7.74. The molecule has 0 bridgehead atoms. The van der Waals surface area contributed by atoms with Crippen molar-refractivity contribution in [1.82, 2.24) is 10.3 Å². The van der Waals surface area contributed by atoms with E-state index in [9.17, 15) is 9.59 Å². The summed E-state index contributed by atoms with van der Waals surface area (Å²) in [6, 6.07) is 6.62. The molecule has 1 aliphatic rings. The Morgan fingerprint density at radius 1 is 1.33 bits per heavy atom. The van der Waals surface area contributed by atoms with E-state index in [-0.39, 0.29) is 18.6 Å². The average Bonchev–Trinajstić information content (AvgIpc) is 3.03. The summed E-state index contributed by atoms with van der Waals surface area (Å²) in [4.78, 5) is 27.5. The van der Waals surface area contributed by atoms with Gasteiger partial charge in [0.15, 0.2) is 6.61 Å². The van der Waals surface area contributed by atoms with Crippen LogP contribution in [-0.4, -0.2) is 34.6 Å². The second-order valence-electron chi connectivity index (χ2n) is 5.78. The van der Waals surface area contributed by atoms with Gasteiger partial charge in [-0.2, -0.15) is 0 Å². The molecule has 6 nitrogen and oxygen atoms in total. The number of benzene rings is 1. The fraction of sp³-hybridized carbons (Fsp3) is 0.353. The Morgan fingerprint density at radius 3 is 2.96 bits per heavy atom. The first kappa shape index (κ1) is 16.5. The number of ether oxygens (including phenoxy) is 1. The highest BCUT2D eigenvalue weighted by Crippen LogP contribution is 2.29. The van der Waals surface area contributed by atoms with Crippen LogP contribution in [0.5, 0.6) is 5.75 Å². The molecule has 1 aromatic heterocycles. The number of nitrogens with zero attached hydrogens (tertiary/aromatic N) is 1. The Morgan fingerprint density at radius 2 is 2.17 bits per heavy atom. The van der Waals surface area contributed by atoms with Gasteiger partial charge in [-0.05, 0) is 37.1 Å². The van der Waals surface area contributed by atoms with E-state index < -0.39 is 11.9 Å². The predicted octanol–water partition coefficient (Wildman–Crippen LogP) is 2.64. The second-order valence-corrected chi connectivity index (χ2v) is 6.19. The first-order valence-corrected chi connectivity index (χ1v) is 8.12. The van der Waals surface area contributed by atoms with Crippen molar-refractivity contribution < 1.29 is 19.4 Å². The highest BCUT2D eigenvalue weighted by molar-refractivity contribution is 6.35. The molecule has 1 heterocycles. The van der Waals surface area contributed by atoms with Crippen LogP contribution in [0.25, 0.3) is 10.9 Å². The van der Waals surface area contributed by atoms with Crippen molar-refractivity contribution in [2.75, 3.05) is 6.61 Å². The number of amides is 1. The minimum atomic E-state index is -0.869. The Labute approximate surface area is 143 Å². The molecular weight excluding hydrogens is 332 g/mol. The topological polar surface area (TPSA) is 88.5 Å². The SMILES string of the molecule is O=C(COc1ccc(Cl)c2cccnc12)N[C@H]1CCC[C@H]1C(=O)O. The highest BCUT2D eigenvalue weighted by Gasteiger charge is 2.33. The lowest BCUT2D eigenvalue weighted by atomic mass is 10.0. The summed E-state index contributed by atoms with van der Waals surface area (Å²) in [7, 11) is 0. The number of hydrogen-bond acceptors (Lipinski definition) is 4. The maximum Gasteiger partial charge on any atom is 0.308 e. The van der Waals surface area contributed by atoms with E-state index >= 15 is 0 Å². The lowest BCUT2D eigenvalue weighted by Crippen LogP contribution is -2.42. The van der Waals surface area contributed by atoms with Crippen LogP contribution in [0.4, 0.5) is 0 Å². The van der Waals surface area contributed by atoms with Crippen molar-refractivity contribution in [3.8, 4) is 5.75 Å². The summed E-state index contributed by atoms with van der Waals surface area (Å²) in [6.45, 7) is -0.198. The summed E-state index contributed by atoms with van der Waals surface area (Å²) in [5, 5.41) is 13.2. The molecule has 1 aliphatic carbocycles. The molecule has 1 aromatic carbocycles. The third-order valence-electron chi connectivity index (χ3n) is 4.22. The molecule has 0 radical (unpaired) electrons. The molecule has 126 valence electrons. The van der Waals surface area contributed by atoms with Crippen molar-refractivity contribution in [2.45, 2.75) is 25.3 Å². The number of carbonyl (C=O) groups excluding carboxylic acids is 1. The molecule has 24 heavy (non-hydrogen) atoms. The van der Waals surface area contributed by atoms with Gasteiger partial charge in [-0.25, -0.2) is 0 Å². The van der Waals surface area contributed by atoms with Gasteiger partial charge in [0.25, 0.3) is 5.91 Å². The quantitative estimate of drug-likeness (QED) is 0.867. The largest absolute Gasteiger partial charge is 0.481 e. The van der Waals surface area contributed by atoms with E-state index in [1.54, 1.807) is 24.4 Å². The minimum absolute atomic E-state index is 0.198. The van der Waals surface area contributed by atoms with Crippen LogP contribution in [-0.2, 0) is 9.59 Å². The number of aromatic nitrogens is 1. The number of pyridine rings is 1. The van der Waals surface area contributed by atoms with Crippen LogP contribution in [0.2, 0.25) is 5.02 Å². The van der Waals surface area contributed by atoms with E-state index in [1.807, 2.05) is 6.07 Å². The fourth-order valence-electron chi connectivity index (χ4n) is 3.05. The summed E-state index contributed by atoms with van der Waals surface area (Å²) in [5.74, 6) is -1.27. The Bertz CT molecular complexity index is 780. The summed E-state index contributed by atoms with van der Waals surface area (Å²) in [5.41, 5.74) is 0.585. The number of carboxylic acids is 1. The lowest BCUT2D eigenvalue weighted by molar-refractivity contribution is -0.142. The zero-order valence-electron chi connectivity index (χ0n) is 12.9. The van der Waals surface area contributed by atoms with Crippen LogP contribution < -0.4 is 10.1 Å². The molecule has 0 unspecified atom stereocenters. The molecule has 3 rings (SSSR count). The Balaban J connectivity index is 1.65. The Kier molecular flexibility index (Phi) is 4.85. The van der Waals surface area contributed by atoms with Crippen LogP contribution >= 0.6 is 11.6 Å². The Hall–Kier alpha value is -2.34. The number of halogens is 1. The molecule has 1 amide bonds. The van der Waals surface area contributed by atoms with Gasteiger partial charge < -0.3 is 15.2 Å². The van der Waals surface area contributed by atoms with E-state index in [2.05, 4.69) is 10.3 Å². The van der Waals surface area contributed by atoms with Crippen molar-refractivity contribution >= 4 is 34.4 Å². The van der Waals surface area contributed by atoms with Crippen molar-refractivity contribution in [3.05, 3.63) is 35.5 Å². The van der Waals surface area contributed by atoms with Gasteiger partial charge in [0, 0.05) is 17.6 Å². The average molecular weight is 349 g/mol. The third-order valence-corrected chi connectivity index (χ3v) is 4.55. The summed E-state index contributed by atoms with van der Waals surface area (Å²) in [6.07, 6.45) is 3.69. The van der Waals surface area contributed by atoms with Gasteiger partial charge >= 0.3 is 5.97 Å². The molecule has 1 saturated carbocycles. The van der Waals surface area contributed by atoms with E-state index in [0.29, 0.717) is 29.1 Å². The van der Waals surface area contributed by atoms with E-state index in [1.165, 1.54) is 0 Å². The zero-order chi connectivity index (χ0) is 17.1. The molecule has 0 spiro atoms. The monoisotopic (exact) mass is 348 g/mol. The number of rotatable bonds is 5. The number of aliphatic carboxylic acids is 1. The number of fused-ring (bicyclic) bond motifs is 1. The standard InChI is InChI=1S/C17H17ClN2O4/c18-12-6-7-14(16-10(12)4-2-8-19-16)24-9-15(21)20-13-5-1-3-11(13)17(22)23/h2,4,6-8,11,13H,1,3,5,9H2,(H,20,21)(H,22,23)/t11-,13+/m1/s1. The van der Waals surface area contributed by atoms with Crippen LogP contribution in [0, 0.1) is 5.92 Å². The molecule has 2 aromatic rings. The fourth-order valence-corrected chi connectivity index (χ4v) is 3.26. The normalized spacial score (nSPS) is 20.0. The van der Waals surface area contributed by atoms with E-state index in [4.69, 9.17) is 21.4 Å². The molecule has 0 saturated heterocycles. The molecule has 0 aliphatic heterocycles. The number of carbonyl (C=O) groups is 2. The molecule has 2 N–H and O–H groups in total. The number of carboxylic acid groups (broad SMARTS) is 1. The van der Waals surface area contributed by atoms with Gasteiger partial charge in [-0.3, -0.25) is 14.6 Å². The third kappa shape index (κ3) is 3.43. The van der Waals surface area contributed by atoms with E-state index in [0.717, 1.165) is 11.8 Å². The molecular formula is C17H17ClN2O4. The molecule has 7 heteroatoms. The minimum Gasteiger partial charge on any atom is -0.481 e. The maximum absolute atomic E-state index is 12.1. The van der Waals surface area contributed by atoms with Crippen LogP contribution in [0.15, 0.2) is 30.5 Å². The van der Waals surface area contributed by atoms with Crippen molar-refractivity contribution in [2.24, 2.45) is 5.92 Å². The second kappa shape index (κ2) is 7.05. The molecule has 2 atom stereocenters. The van der Waals surface area contributed by atoms with Gasteiger partial charge in [0.2, 0.25) is 0 Å². The highest BCUT2D eigenvalue weighted by atomic mass is 35.5.